The first-order chi connectivity index (χ1) is 10.9. The monoisotopic (exact) mass is 338 g/mol. The Morgan fingerprint density at radius 2 is 1.74 bits per heavy atom. The molecule has 6 heteroatoms. The van der Waals surface area contributed by atoms with Gasteiger partial charge in [0.2, 0.25) is 15.9 Å². The smallest absolute Gasteiger partial charge is 0.241 e. The minimum Gasteiger partial charge on any atom is -0.352 e. The van der Waals surface area contributed by atoms with E-state index in [0.717, 1.165) is 36.8 Å². The molecule has 1 aromatic rings. The Balaban J connectivity index is 1.90. The number of rotatable bonds is 5. The second-order valence-corrected chi connectivity index (χ2v) is 8.09. The van der Waals surface area contributed by atoms with E-state index in [0.29, 0.717) is 0 Å². The Morgan fingerprint density at radius 1 is 1.09 bits per heavy atom. The third kappa shape index (κ3) is 5.32. The fourth-order valence-corrected chi connectivity index (χ4v) is 3.89. The highest BCUT2D eigenvalue weighted by Crippen LogP contribution is 2.17. The molecule has 0 saturated heterocycles. The zero-order valence-corrected chi connectivity index (χ0v) is 14.7. The highest BCUT2D eigenvalue weighted by atomic mass is 32.2. The molecule has 1 saturated carbocycles. The molecule has 5 nitrogen and oxygen atoms in total. The van der Waals surface area contributed by atoms with Crippen molar-refractivity contribution >= 4 is 15.9 Å². The number of carbonyl (C=O) groups is 1. The van der Waals surface area contributed by atoms with Crippen molar-refractivity contribution < 1.29 is 13.2 Å². The van der Waals surface area contributed by atoms with Crippen molar-refractivity contribution in [2.45, 2.75) is 63.3 Å². The first kappa shape index (κ1) is 17.9. The minimum absolute atomic E-state index is 0.177. The Bertz CT molecular complexity index is 648. The molecular weight excluding hydrogens is 312 g/mol. The zero-order chi connectivity index (χ0) is 16.9. The topological polar surface area (TPSA) is 75.3 Å². The van der Waals surface area contributed by atoms with E-state index >= 15 is 0 Å². The molecule has 0 heterocycles. The SMILES string of the molecule is Cc1ccc(S(=O)(=O)NCC(=O)NC2CCCCCC2)cc1C. The predicted octanol–water partition coefficient (Wildman–Crippen LogP) is 2.42. The van der Waals surface area contributed by atoms with Gasteiger partial charge in [-0.15, -0.1) is 0 Å². The van der Waals surface area contributed by atoms with E-state index in [1.54, 1.807) is 18.2 Å². The standard InChI is InChI=1S/C17H26N2O3S/c1-13-9-10-16(11-14(13)2)23(21,22)18-12-17(20)19-15-7-5-3-4-6-8-15/h9-11,15,18H,3-8,12H2,1-2H3,(H,19,20). The molecule has 2 N–H and O–H groups in total. The Kier molecular flexibility index (Phi) is 6.18. The number of carbonyl (C=O) groups excluding carboxylic acids is 1. The average molecular weight is 338 g/mol. The molecule has 23 heavy (non-hydrogen) atoms. The summed E-state index contributed by atoms with van der Waals surface area (Å²) in [5.74, 6) is -0.260. The molecule has 0 atom stereocenters. The van der Waals surface area contributed by atoms with Gasteiger partial charge in [-0.05, 0) is 49.9 Å². The normalized spacial score (nSPS) is 16.8. The second-order valence-electron chi connectivity index (χ2n) is 6.33. The van der Waals surface area contributed by atoms with Gasteiger partial charge in [0.05, 0.1) is 11.4 Å². The summed E-state index contributed by atoms with van der Waals surface area (Å²) >= 11 is 0. The van der Waals surface area contributed by atoms with Crippen molar-refractivity contribution in [1.29, 1.82) is 0 Å². The molecule has 0 unspecified atom stereocenters. The minimum atomic E-state index is -3.65. The number of hydrogen-bond donors (Lipinski definition) is 2. The molecular formula is C17H26N2O3S. The van der Waals surface area contributed by atoms with Gasteiger partial charge in [-0.1, -0.05) is 31.7 Å². The molecule has 2 rings (SSSR count). The van der Waals surface area contributed by atoms with Gasteiger partial charge in [0.25, 0.3) is 0 Å². The summed E-state index contributed by atoms with van der Waals surface area (Å²) in [6.07, 6.45) is 6.64. The van der Waals surface area contributed by atoms with E-state index in [1.807, 2.05) is 13.8 Å². The number of benzene rings is 1. The van der Waals surface area contributed by atoms with Gasteiger partial charge in [0.15, 0.2) is 0 Å². The lowest BCUT2D eigenvalue weighted by Gasteiger charge is -2.16. The molecule has 1 amide bonds. The summed E-state index contributed by atoms with van der Waals surface area (Å²) in [5.41, 5.74) is 1.95. The molecule has 0 aromatic heterocycles. The first-order valence-corrected chi connectivity index (χ1v) is 9.73. The van der Waals surface area contributed by atoms with Crippen LogP contribution in [0.25, 0.3) is 0 Å². The predicted molar refractivity (Wildman–Crippen MR) is 90.7 cm³/mol. The van der Waals surface area contributed by atoms with Crippen molar-refractivity contribution in [1.82, 2.24) is 10.0 Å². The van der Waals surface area contributed by atoms with Crippen LogP contribution >= 0.6 is 0 Å². The van der Waals surface area contributed by atoms with E-state index < -0.39 is 10.0 Å². The summed E-state index contributed by atoms with van der Waals surface area (Å²) in [6, 6.07) is 5.14. The van der Waals surface area contributed by atoms with Gasteiger partial charge < -0.3 is 5.32 Å². The van der Waals surface area contributed by atoms with E-state index in [2.05, 4.69) is 10.0 Å². The van der Waals surface area contributed by atoms with Crippen molar-refractivity contribution in [3.63, 3.8) is 0 Å². The summed E-state index contributed by atoms with van der Waals surface area (Å²) < 4.78 is 26.9. The Morgan fingerprint density at radius 3 is 2.35 bits per heavy atom. The summed E-state index contributed by atoms with van der Waals surface area (Å²) in [7, 11) is -3.65. The number of sulfonamides is 1. The first-order valence-electron chi connectivity index (χ1n) is 8.25. The van der Waals surface area contributed by atoms with Crippen LogP contribution in [0.4, 0.5) is 0 Å². The quantitative estimate of drug-likeness (QED) is 0.810. The molecule has 0 aliphatic heterocycles. The van der Waals surface area contributed by atoms with Gasteiger partial charge in [0.1, 0.15) is 0 Å². The zero-order valence-electron chi connectivity index (χ0n) is 13.9. The lowest BCUT2D eigenvalue weighted by Crippen LogP contribution is -2.41. The summed E-state index contributed by atoms with van der Waals surface area (Å²) in [4.78, 5) is 12.2. The Labute approximate surface area is 138 Å². The summed E-state index contributed by atoms with van der Waals surface area (Å²) in [6.45, 7) is 3.58. The second kappa shape index (κ2) is 7.93. The highest BCUT2D eigenvalue weighted by molar-refractivity contribution is 7.89. The van der Waals surface area contributed by atoms with Gasteiger partial charge in [-0.25, -0.2) is 13.1 Å². The fourth-order valence-electron chi connectivity index (χ4n) is 2.83. The number of nitrogens with one attached hydrogen (secondary N) is 2. The molecule has 128 valence electrons. The molecule has 0 radical (unpaired) electrons. The van der Waals surface area contributed by atoms with Crippen molar-refractivity contribution in [2.75, 3.05) is 6.54 Å². The number of hydrogen-bond acceptors (Lipinski definition) is 3. The molecule has 0 bridgehead atoms. The van der Waals surface area contributed by atoms with Gasteiger partial charge in [-0.3, -0.25) is 4.79 Å². The molecule has 1 aliphatic rings. The van der Waals surface area contributed by atoms with Crippen LogP contribution < -0.4 is 10.0 Å². The lowest BCUT2D eigenvalue weighted by molar-refractivity contribution is -0.120. The van der Waals surface area contributed by atoms with Crippen LogP contribution in [0.15, 0.2) is 23.1 Å². The van der Waals surface area contributed by atoms with E-state index in [4.69, 9.17) is 0 Å². The average Bonchev–Trinajstić information content (AvgIpc) is 2.76. The van der Waals surface area contributed by atoms with Crippen LogP contribution in [0.1, 0.15) is 49.7 Å². The van der Waals surface area contributed by atoms with Crippen LogP contribution in [0.3, 0.4) is 0 Å². The maximum Gasteiger partial charge on any atom is 0.241 e. The van der Waals surface area contributed by atoms with Crippen LogP contribution in [-0.4, -0.2) is 26.9 Å². The van der Waals surface area contributed by atoms with Gasteiger partial charge in [-0.2, -0.15) is 0 Å². The number of amides is 1. The maximum atomic E-state index is 12.3. The van der Waals surface area contributed by atoms with Crippen LogP contribution in [0.2, 0.25) is 0 Å². The van der Waals surface area contributed by atoms with E-state index in [9.17, 15) is 13.2 Å². The summed E-state index contributed by atoms with van der Waals surface area (Å²) in [5, 5.41) is 2.94. The molecule has 1 aliphatic carbocycles. The lowest BCUT2D eigenvalue weighted by atomic mass is 10.1. The van der Waals surface area contributed by atoms with Crippen LogP contribution in [0.5, 0.6) is 0 Å². The van der Waals surface area contributed by atoms with Gasteiger partial charge in [0, 0.05) is 6.04 Å². The molecule has 0 spiro atoms. The molecule has 1 fully saturated rings. The highest BCUT2D eigenvalue weighted by Gasteiger charge is 2.18. The Hall–Kier alpha value is -1.40. The van der Waals surface area contributed by atoms with Crippen LogP contribution in [0, 0.1) is 13.8 Å². The van der Waals surface area contributed by atoms with E-state index in [1.165, 1.54) is 12.8 Å². The fraction of sp³-hybridized carbons (Fsp3) is 0.588. The third-order valence-corrected chi connectivity index (χ3v) is 5.83. The molecule has 1 aromatic carbocycles. The van der Waals surface area contributed by atoms with Crippen molar-refractivity contribution in [3.05, 3.63) is 29.3 Å². The van der Waals surface area contributed by atoms with E-state index in [-0.39, 0.29) is 23.4 Å². The largest absolute Gasteiger partial charge is 0.352 e. The van der Waals surface area contributed by atoms with Crippen LogP contribution in [-0.2, 0) is 14.8 Å². The third-order valence-electron chi connectivity index (χ3n) is 4.43. The van der Waals surface area contributed by atoms with Gasteiger partial charge >= 0.3 is 0 Å². The number of aryl methyl sites for hydroxylation is 2. The van der Waals surface area contributed by atoms with Crippen molar-refractivity contribution in [3.8, 4) is 0 Å². The van der Waals surface area contributed by atoms with Crippen molar-refractivity contribution in [2.24, 2.45) is 0 Å². The maximum absolute atomic E-state index is 12.3.